The van der Waals surface area contributed by atoms with Crippen molar-refractivity contribution >= 4 is 39.5 Å². The molecule has 3 aromatic rings. The predicted octanol–water partition coefficient (Wildman–Crippen LogP) is 3.32. The third kappa shape index (κ3) is 2.26. The number of benzene rings is 1. The van der Waals surface area contributed by atoms with E-state index in [0.29, 0.717) is 22.3 Å². The Bertz CT molecular complexity index is 1120. The van der Waals surface area contributed by atoms with Crippen molar-refractivity contribution < 1.29 is 14.6 Å². The number of aromatic nitrogens is 1. The van der Waals surface area contributed by atoms with Crippen molar-refractivity contribution in [1.82, 2.24) is 4.98 Å². The Hall–Kier alpha value is -3.27. The van der Waals surface area contributed by atoms with Crippen LogP contribution in [0.2, 0.25) is 0 Å². The normalized spacial score (nSPS) is 18.9. The molecular formula is C17H14N4O5S. The summed E-state index contributed by atoms with van der Waals surface area (Å²) in [5, 5.41) is 27.0. The molecule has 0 bridgehead atoms. The van der Waals surface area contributed by atoms with E-state index in [1.165, 1.54) is 42.3 Å². The lowest BCUT2D eigenvalue weighted by atomic mass is 9.75. The van der Waals surface area contributed by atoms with E-state index in [1.807, 2.05) is 16.8 Å². The number of nitrogens with one attached hydrogen (secondary N) is 1. The molecule has 1 aliphatic heterocycles. The number of amides is 1. The van der Waals surface area contributed by atoms with Gasteiger partial charge in [-0.2, -0.15) is 11.3 Å². The van der Waals surface area contributed by atoms with Crippen LogP contribution in [0.3, 0.4) is 0 Å². The Morgan fingerprint density at radius 1 is 1.26 bits per heavy atom. The van der Waals surface area contributed by atoms with Gasteiger partial charge < -0.3 is 9.88 Å². The van der Waals surface area contributed by atoms with Crippen molar-refractivity contribution in [2.24, 2.45) is 0 Å². The van der Waals surface area contributed by atoms with E-state index in [4.69, 9.17) is 0 Å². The summed E-state index contributed by atoms with van der Waals surface area (Å²) in [5.74, 6) is -0.419. The lowest BCUT2D eigenvalue weighted by Crippen LogP contribution is -2.50. The molecule has 9 nitrogen and oxygen atoms in total. The van der Waals surface area contributed by atoms with Gasteiger partial charge in [-0.05, 0) is 24.4 Å². The van der Waals surface area contributed by atoms with Crippen LogP contribution in [0.5, 0.6) is 0 Å². The fourth-order valence-electron chi connectivity index (χ4n) is 3.87. The van der Waals surface area contributed by atoms with Gasteiger partial charge in [0.25, 0.3) is 5.69 Å². The molecule has 3 heterocycles. The minimum absolute atomic E-state index is 0.136. The number of hydrogen-bond acceptors (Lipinski definition) is 6. The lowest BCUT2D eigenvalue weighted by Gasteiger charge is -2.35. The van der Waals surface area contributed by atoms with Gasteiger partial charge in [-0.15, -0.1) is 0 Å². The number of nitro benzene ring substituents is 1. The van der Waals surface area contributed by atoms with Crippen LogP contribution >= 0.6 is 11.3 Å². The number of carbonyl (C=O) groups is 1. The first-order valence-corrected chi connectivity index (χ1v) is 8.96. The van der Waals surface area contributed by atoms with Crippen molar-refractivity contribution in [3.8, 4) is 11.3 Å². The highest BCUT2D eigenvalue weighted by Gasteiger charge is 2.50. The third-order valence-electron chi connectivity index (χ3n) is 5.05. The number of non-ortho nitro benzene ring substituents is 1. The summed E-state index contributed by atoms with van der Waals surface area (Å²) in [5.41, 5.74) is 0.857. The number of hydrogen-bond donors (Lipinski definition) is 1. The smallest absolute Gasteiger partial charge is 0.293 e. The molecular weight excluding hydrogens is 372 g/mol. The summed E-state index contributed by atoms with van der Waals surface area (Å²) >= 11 is 1.43. The lowest BCUT2D eigenvalue weighted by molar-refractivity contribution is -0.487. The number of thiophene rings is 1. The fourth-order valence-corrected chi connectivity index (χ4v) is 4.52. The Morgan fingerprint density at radius 3 is 2.59 bits per heavy atom. The summed E-state index contributed by atoms with van der Waals surface area (Å²) < 4.78 is 0. The third-order valence-corrected chi connectivity index (χ3v) is 5.74. The maximum Gasteiger partial charge on any atom is 0.293 e. The molecule has 10 heteroatoms. The standard InChI is InChI=1S/C17H14N4O5S/c1-17(8-20(23)24)13-12-10(19(2)16(17)22)3-4-11(21(25)26)15(12)18-14(13)9-5-6-27-7-9/h3-7,18H,8H2,1-2H3/t17-/m0/s1. The molecule has 0 unspecified atom stereocenters. The van der Waals surface area contributed by atoms with E-state index in [1.54, 1.807) is 0 Å². The number of nitro groups is 2. The maximum absolute atomic E-state index is 13.1. The number of likely N-dealkylation sites (N-methyl/N-ethyl adjacent to an activating group) is 1. The quantitative estimate of drug-likeness (QED) is 0.544. The first-order valence-electron chi connectivity index (χ1n) is 8.02. The number of anilines is 1. The molecule has 4 rings (SSSR count). The van der Waals surface area contributed by atoms with E-state index in [2.05, 4.69) is 4.98 Å². The van der Waals surface area contributed by atoms with E-state index in [-0.39, 0.29) is 11.2 Å². The zero-order valence-corrected chi connectivity index (χ0v) is 15.2. The van der Waals surface area contributed by atoms with Crippen LogP contribution in [-0.2, 0) is 10.2 Å². The summed E-state index contributed by atoms with van der Waals surface area (Å²) in [7, 11) is 1.53. The molecule has 2 aromatic heterocycles. The SMILES string of the molecule is CN1C(=O)[C@@](C)(C[N+](=O)[O-])c2c(-c3ccsc3)[nH]c3c([N+](=O)[O-])ccc1c23. The van der Waals surface area contributed by atoms with Crippen LogP contribution < -0.4 is 4.90 Å². The van der Waals surface area contributed by atoms with Gasteiger partial charge in [0.15, 0.2) is 0 Å². The Labute approximate surface area is 156 Å². The van der Waals surface area contributed by atoms with Gasteiger partial charge in [0.1, 0.15) is 10.9 Å². The van der Waals surface area contributed by atoms with Crippen molar-refractivity contribution in [3.63, 3.8) is 0 Å². The number of rotatable bonds is 4. The topological polar surface area (TPSA) is 122 Å². The van der Waals surface area contributed by atoms with Gasteiger partial charge in [0.05, 0.1) is 16.3 Å². The van der Waals surface area contributed by atoms with Crippen LogP contribution in [0.25, 0.3) is 22.2 Å². The second-order valence-electron chi connectivity index (χ2n) is 6.69. The van der Waals surface area contributed by atoms with Crippen LogP contribution in [0, 0.1) is 20.2 Å². The maximum atomic E-state index is 13.1. The number of nitrogens with zero attached hydrogens (tertiary/aromatic N) is 3. The Morgan fingerprint density at radius 2 is 2.00 bits per heavy atom. The first-order chi connectivity index (χ1) is 12.8. The Balaban J connectivity index is 2.19. The van der Waals surface area contributed by atoms with Crippen LogP contribution in [0.1, 0.15) is 12.5 Å². The molecule has 27 heavy (non-hydrogen) atoms. The van der Waals surface area contributed by atoms with Gasteiger partial charge in [-0.3, -0.25) is 25.0 Å². The van der Waals surface area contributed by atoms with Gasteiger partial charge in [-0.25, -0.2) is 0 Å². The molecule has 0 fully saturated rings. The van der Waals surface area contributed by atoms with Crippen LogP contribution in [-0.4, -0.2) is 34.3 Å². The fraction of sp³-hybridized carbons (Fsp3) is 0.235. The minimum atomic E-state index is -1.45. The first kappa shape index (κ1) is 17.2. The molecule has 0 radical (unpaired) electrons. The number of H-pyrrole nitrogens is 1. The molecule has 0 saturated carbocycles. The molecule has 1 N–H and O–H groups in total. The van der Waals surface area contributed by atoms with Crippen molar-refractivity contribution in [2.75, 3.05) is 18.5 Å². The van der Waals surface area contributed by atoms with Crippen LogP contribution in [0.4, 0.5) is 11.4 Å². The van der Waals surface area contributed by atoms with Crippen molar-refractivity contribution in [1.29, 1.82) is 0 Å². The molecule has 1 amide bonds. The molecule has 0 aliphatic carbocycles. The van der Waals surface area contributed by atoms with Gasteiger partial charge in [0, 0.05) is 39.9 Å². The molecule has 1 atom stereocenters. The Kier molecular flexibility index (Phi) is 3.57. The number of carbonyl (C=O) groups excluding carboxylic acids is 1. The molecule has 138 valence electrons. The second-order valence-corrected chi connectivity index (χ2v) is 7.47. The van der Waals surface area contributed by atoms with Gasteiger partial charge >= 0.3 is 0 Å². The highest BCUT2D eigenvalue weighted by molar-refractivity contribution is 7.08. The molecule has 1 aromatic carbocycles. The zero-order chi connectivity index (χ0) is 19.5. The number of aromatic amines is 1. The molecule has 0 saturated heterocycles. The molecule has 1 aliphatic rings. The summed E-state index contributed by atoms with van der Waals surface area (Å²) in [6, 6.07) is 4.67. The van der Waals surface area contributed by atoms with E-state index < -0.39 is 27.7 Å². The monoisotopic (exact) mass is 386 g/mol. The van der Waals surface area contributed by atoms with Crippen molar-refractivity contribution in [2.45, 2.75) is 12.3 Å². The largest absolute Gasteiger partial charge is 0.349 e. The second kappa shape index (κ2) is 5.61. The zero-order valence-electron chi connectivity index (χ0n) is 14.4. The van der Waals surface area contributed by atoms with Gasteiger partial charge in [0.2, 0.25) is 12.5 Å². The summed E-state index contributed by atoms with van der Waals surface area (Å²) in [6.45, 7) is 0.914. The molecule has 0 spiro atoms. The highest BCUT2D eigenvalue weighted by atomic mass is 32.1. The minimum Gasteiger partial charge on any atom is -0.349 e. The van der Waals surface area contributed by atoms with E-state index >= 15 is 0 Å². The van der Waals surface area contributed by atoms with Crippen LogP contribution in [0.15, 0.2) is 29.0 Å². The average molecular weight is 386 g/mol. The van der Waals surface area contributed by atoms with Gasteiger partial charge in [-0.1, -0.05) is 0 Å². The predicted molar refractivity (Wildman–Crippen MR) is 101 cm³/mol. The van der Waals surface area contributed by atoms with E-state index in [9.17, 15) is 25.0 Å². The summed E-state index contributed by atoms with van der Waals surface area (Å²) in [4.78, 5) is 39.4. The summed E-state index contributed by atoms with van der Waals surface area (Å²) in [6.07, 6.45) is 0. The average Bonchev–Trinajstić information content (AvgIpc) is 3.25. The van der Waals surface area contributed by atoms with Crippen molar-refractivity contribution in [3.05, 3.63) is 54.8 Å². The van der Waals surface area contributed by atoms with E-state index in [0.717, 1.165) is 5.56 Å². The highest BCUT2D eigenvalue weighted by Crippen LogP contribution is 2.49.